The Bertz CT molecular complexity index is 1250. The quantitative estimate of drug-likeness (QED) is 0.584. The minimum absolute atomic E-state index is 0.0816. The number of ether oxygens (including phenoxy) is 3. The number of amides is 1. The van der Waals surface area contributed by atoms with Gasteiger partial charge in [0.15, 0.2) is 0 Å². The summed E-state index contributed by atoms with van der Waals surface area (Å²) in [6.07, 6.45) is 3.33. The second kappa shape index (κ2) is 8.67. The number of hydrogen-bond acceptors (Lipinski definition) is 6. The number of pyridine rings is 1. The molecule has 0 aliphatic carbocycles. The van der Waals surface area contributed by atoms with Crippen molar-refractivity contribution in [3.05, 3.63) is 47.8 Å². The molecule has 0 saturated carbocycles. The fourth-order valence-corrected chi connectivity index (χ4v) is 3.54. The summed E-state index contributed by atoms with van der Waals surface area (Å²) < 4.78 is 43.3. The molecule has 10 heteroatoms. The van der Waals surface area contributed by atoms with E-state index in [0.29, 0.717) is 30.1 Å². The lowest BCUT2D eigenvalue weighted by Crippen LogP contribution is -2.48. The number of carbonyl (C=O) groups is 1. The fourth-order valence-electron chi connectivity index (χ4n) is 3.54. The number of methoxy groups -OCH3 is 1. The topological polar surface area (TPSA) is 97.9 Å². The predicted octanol–water partition coefficient (Wildman–Crippen LogP) is 3.54. The molecule has 0 radical (unpaired) electrons. The molecule has 3 heterocycles. The van der Waals surface area contributed by atoms with Crippen LogP contribution in [0.25, 0.3) is 16.9 Å². The summed E-state index contributed by atoms with van der Waals surface area (Å²) in [5, 5.41) is 12.1. The summed E-state index contributed by atoms with van der Waals surface area (Å²) in [7, 11) is 1.35. The Kier molecular flexibility index (Phi) is 5.91. The van der Waals surface area contributed by atoms with Crippen molar-refractivity contribution >= 4 is 11.6 Å². The van der Waals surface area contributed by atoms with Gasteiger partial charge in [-0.2, -0.15) is 14.0 Å². The van der Waals surface area contributed by atoms with Gasteiger partial charge in [0, 0.05) is 11.8 Å². The molecule has 1 aliphatic rings. The molecule has 0 bridgehead atoms. The average molecular weight is 456 g/mol. The predicted molar refractivity (Wildman–Crippen MR) is 115 cm³/mol. The molecule has 1 saturated heterocycles. The Balaban J connectivity index is 1.80. The van der Waals surface area contributed by atoms with E-state index in [1.165, 1.54) is 13.2 Å². The van der Waals surface area contributed by atoms with Crippen LogP contribution in [0.1, 0.15) is 29.8 Å². The highest BCUT2D eigenvalue weighted by atomic mass is 19.3. The van der Waals surface area contributed by atoms with E-state index in [0.717, 1.165) is 5.56 Å². The number of nitrogens with zero attached hydrogens (tertiary/aromatic N) is 3. The lowest BCUT2D eigenvalue weighted by atomic mass is 9.87. The molecule has 1 fully saturated rings. The number of halogens is 2. The number of rotatable bonds is 7. The van der Waals surface area contributed by atoms with Crippen LogP contribution in [0, 0.1) is 11.3 Å². The van der Waals surface area contributed by atoms with Gasteiger partial charge in [-0.05, 0) is 43.7 Å². The number of alkyl halides is 2. The molecule has 1 N–H and O–H groups in total. The number of nitriles is 1. The SMILES string of the molecule is COc1cc(-c2cnc3cc(C(C)(C)C#N)ccn23)cc(OC(F)F)c1C(=O)NC1COC1. The van der Waals surface area contributed by atoms with Crippen molar-refractivity contribution in [1.82, 2.24) is 14.7 Å². The molecule has 4 rings (SSSR count). The monoisotopic (exact) mass is 456 g/mol. The number of carbonyl (C=O) groups excluding carboxylic acids is 1. The number of hydrogen-bond donors (Lipinski definition) is 1. The summed E-state index contributed by atoms with van der Waals surface area (Å²) in [5.41, 5.74) is 1.58. The second-order valence-electron chi connectivity index (χ2n) is 8.16. The maximum absolute atomic E-state index is 13.2. The molecular weight excluding hydrogens is 434 g/mol. The smallest absolute Gasteiger partial charge is 0.387 e. The first kappa shape index (κ1) is 22.5. The minimum atomic E-state index is -3.14. The third kappa shape index (κ3) is 4.32. The Hall–Kier alpha value is -3.71. The maximum atomic E-state index is 13.2. The van der Waals surface area contributed by atoms with Crippen molar-refractivity contribution in [2.45, 2.75) is 31.9 Å². The standard InChI is InChI=1S/C23H22F2N4O4/c1-23(2,12-26)14-4-5-29-16(9-27-19(29)8-14)13-6-17(31-3)20(18(7-13)33-22(24)25)21(30)28-15-10-32-11-15/h4-9,15,22H,10-11H2,1-3H3,(H,28,30). The van der Waals surface area contributed by atoms with Crippen molar-refractivity contribution in [1.29, 1.82) is 5.26 Å². The first-order chi connectivity index (χ1) is 15.7. The highest BCUT2D eigenvalue weighted by Gasteiger charge is 2.28. The lowest BCUT2D eigenvalue weighted by molar-refractivity contribution is -0.0503. The van der Waals surface area contributed by atoms with Gasteiger partial charge in [-0.15, -0.1) is 0 Å². The summed E-state index contributed by atoms with van der Waals surface area (Å²) in [5.74, 6) is -0.823. The molecule has 3 aromatic rings. The maximum Gasteiger partial charge on any atom is 0.387 e. The van der Waals surface area contributed by atoms with Crippen LogP contribution in [0.2, 0.25) is 0 Å². The number of benzene rings is 1. The van der Waals surface area contributed by atoms with Crippen LogP contribution < -0.4 is 14.8 Å². The van der Waals surface area contributed by atoms with Crippen molar-refractivity contribution in [2.24, 2.45) is 0 Å². The number of aromatic nitrogens is 2. The zero-order valence-electron chi connectivity index (χ0n) is 18.3. The van der Waals surface area contributed by atoms with E-state index in [2.05, 4.69) is 16.4 Å². The van der Waals surface area contributed by atoms with Crippen LogP contribution in [-0.4, -0.2) is 48.3 Å². The van der Waals surface area contributed by atoms with E-state index in [1.54, 1.807) is 48.8 Å². The van der Waals surface area contributed by atoms with Gasteiger partial charge < -0.3 is 19.5 Å². The van der Waals surface area contributed by atoms with Crippen LogP contribution in [-0.2, 0) is 10.2 Å². The number of imidazole rings is 1. The van der Waals surface area contributed by atoms with Gasteiger partial charge in [-0.3, -0.25) is 9.20 Å². The van der Waals surface area contributed by atoms with E-state index in [1.807, 2.05) is 0 Å². The second-order valence-corrected chi connectivity index (χ2v) is 8.16. The molecular formula is C23H22F2N4O4. The van der Waals surface area contributed by atoms with Gasteiger partial charge in [0.25, 0.3) is 5.91 Å². The molecule has 172 valence electrons. The van der Waals surface area contributed by atoms with Crippen LogP contribution in [0.5, 0.6) is 11.5 Å². The summed E-state index contributed by atoms with van der Waals surface area (Å²) in [6.45, 7) is 1.18. The molecule has 2 aromatic heterocycles. The molecule has 33 heavy (non-hydrogen) atoms. The average Bonchev–Trinajstić information content (AvgIpc) is 3.18. The number of nitrogens with one attached hydrogen (secondary N) is 1. The van der Waals surface area contributed by atoms with Gasteiger partial charge in [0.1, 0.15) is 22.7 Å². The molecule has 1 aliphatic heterocycles. The van der Waals surface area contributed by atoms with Gasteiger partial charge in [0.2, 0.25) is 0 Å². The highest BCUT2D eigenvalue weighted by Crippen LogP contribution is 2.37. The van der Waals surface area contributed by atoms with Crippen LogP contribution in [0.3, 0.4) is 0 Å². The highest BCUT2D eigenvalue weighted by molar-refractivity contribution is 6.01. The van der Waals surface area contributed by atoms with Crippen LogP contribution in [0.15, 0.2) is 36.7 Å². The summed E-state index contributed by atoms with van der Waals surface area (Å²) >= 11 is 0. The minimum Gasteiger partial charge on any atom is -0.496 e. The van der Waals surface area contributed by atoms with Crippen molar-refractivity contribution < 1.29 is 27.8 Å². The molecule has 8 nitrogen and oxygen atoms in total. The number of fused-ring (bicyclic) bond motifs is 1. The van der Waals surface area contributed by atoms with Crippen molar-refractivity contribution in [3.8, 4) is 28.8 Å². The zero-order chi connectivity index (χ0) is 23.8. The Morgan fingerprint density at radius 2 is 2.06 bits per heavy atom. The van der Waals surface area contributed by atoms with Crippen molar-refractivity contribution in [3.63, 3.8) is 0 Å². The van der Waals surface area contributed by atoms with Gasteiger partial charge in [-0.25, -0.2) is 4.98 Å². The fraction of sp³-hybridized carbons (Fsp3) is 0.348. The normalized spacial score (nSPS) is 14.1. The first-order valence-electron chi connectivity index (χ1n) is 10.2. The Morgan fingerprint density at radius 3 is 2.67 bits per heavy atom. The first-order valence-corrected chi connectivity index (χ1v) is 10.2. The van der Waals surface area contributed by atoms with Crippen LogP contribution >= 0.6 is 0 Å². The molecule has 1 aromatic carbocycles. The van der Waals surface area contributed by atoms with Gasteiger partial charge >= 0.3 is 6.61 Å². The zero-order valence-corrected chi connectivity index (χ0v) is 18.3. The molecule has 0 spiro atoms. The van der Waals surface area contributed by atoms with E-state index < -0.39 is 17.9 Å². The van der Waals surface area contributed by atoms with E-state index >= 15 is 0 Å². The molecule has 0 atom stereocenters. The van der Waals surface area contributed by atoms with Crippen LogP contribution in [0.4, 0.5) is 8.78 Å². The van der Waals surface area contributed by atoms with E-state index in [4.69, 9.17) is 14.2 Å². The van der Waals surface area contributed by atoms with Gasteiger partial charge in [-0.1, -0.05) is 0 Å². The molecule has 0 unspecified atom stereocenters. The Morgan fingerprint density at radius 1 is 1.33 bits per heavy atom. The summed E-state index contributed by atoms with van der Waals surface area (Å²) in [4.78, 5) is 17.2. The molecule has 1 amide bonds. The Labute approximate surface area is 188 Å². The third-order valence-corrected chi connectivity index (χ3v) is 5.51. The van der Waals surface area contributed by atoms with Crippen molar-refractivity contribution in [2.75, 3.05) is 20.3 Å². The largest absolute Gasteiger partial charge is 0.496 e. The third-order valence-electron chi connectivity index (χ3n) is 5.51. The summed E-state index contributed by atoms with van der Waals surface area (Å²) in [6, 6.07) is 8.58. The van der Waals surface area contributed by atoms with E-state index in [9.17, 15) is 18.8 Å². The van der Waals surface area contributed by atoms with E-state index in [-0.39, 0.29) is 23.1 Å². The van der Waals surface area contributed by atoms with Gasteiger partial charge in [0.05, 0.1) is 49.7 Å². The lowest BCUT2D eigenvalue weighted by Gasteiger charge is -2.27.